The molecule has 0 spiro atoms. The van der Waals surface area contributed by atoms with Gasteiger partial charge in [0.1, 0.15) is 11.6 Å². The number of nitrogens with one attached hydrogen (secondary N) is 1. The predicted octanol–water partition coefficient (Wildman–Crippen LogP) is 4.94. The van der Waals surface area contributed by atoms with Gasteiger partial charge in [-0.1, -0.05) is 29.8 Å². The average molecular weight is 409 g/mol. The number of hydrogen-bond acceptors (Lipinski definition) is 4. The summed E-state index contributed by atoms with van der Waals surface area (Å²) in [6.45, 7) is 3.60. The van der Waals surface area contributed by atoms with Gasteiger partial charge in [0, 0.05) is 17.5 Å². The highest BCUT2D eigenvalue weighted by Crippen LogP contribution is 2.36. The first-order chi connectivity index (χ1) is 14.2. The first kappa shape index (κ1) is 18.6. The van der Waals surface area contributed by atoms with E-state index in [0.717, 1.165) is 60.3 Å². The lowest BCUT2D eigenvalue weighted by Crippen LogP contribution is -2.25. The van der Waals surface area contributed by atoms with Gasteiger partial charge in [0.2, 0.25) is 0 Å². The first-order valence-corrected chi connectivity index (χ1v) is 10.7. The minimum atomic E-state index is 0.270. The molecule has 5 nitrogen and oxygen atoms in total. The van der Waals surface area contributed by atoms with Gasteiger partial charge in [-0.2, -0.15) is 0 Å². The van der Waals surface area contributed by atoms with Gasteiger partial charge in [0.05, 0.1) is 18.3 Å². The molecule has 1 N–H and O–H groups in total. The molecule has 6 heteroatoms. The van der Waals surface area contributed by atoms with E-state index in [4.69, 9.17) is 16.3 Å². The summed E-state index contributed by atoms with van der Waals surface area (Å²) in [7, 11) is 0. The Morgan fingerprint density at radius 3 is 2.69 bits per heavy atom. The van der Waals surface area contributed by atoms with Crippen molar-refractivity contribution < 1.29 is 4.74 Å². The minimum Gasteiger partial charge on any atom is -0.490 e. The highest BCUT2D eigenvalue weighted by molar-refractivity contribution is 6.30. The maximum atomic E-state index is 6.29. The number of nitrogens with zero attached hydrogens (tertiary/aromatic N) is 3. The third-order valence-corrected chi connectivity index (χ3v) is 6.30. The molecule has 5 rings (SSSR count). The molecule has 29 heavy (non-hydrogen) atoms. The van der Waals surface area contributed by atoms with Crippen molar-refractivity contribution in [3.8, 4) is 11.4 Å². The zero-order valence-corrected chi connectivity index (χ0v) is 17.3. The van der Waals surface area contributed by atoms with E-state index < -0.39 is 0 Å². The number of benzene rings is 2. The van der Waals surface area contributed by atoms with Crippen molar-refractivity contribution in [2.24, 2.45) is 0 Å². The Morgan fingerprint density at radius 1 is 1.03 bits per heavy atom. The van der Waals surface area contributed by atoms with Crippen molar-refractivity contribution >= 4 is 11.6 Å². The lowest BCUT2D eigenvalue weighted by molar-refractivity contribution is 0.143. The van der Waals surface area contributed by atoms with Crippen LogP contribution in [-0.2, 0) is 13.1 Å². The maximum absolute atomic E-state index is 6.29. The number of hydrogen-bond donors (Lipinski definition) is 1. The van der Waals surface area contributed by atoms with E-state index in [1.807, 2.05) is 18.2 Å². The standard InChI is InChI=1S/C23H25ClN4O/c1-15-4-2-3-5-21(15)29-19-9-6-16(7-10-19)23-27-26-22-14-25-13-17-12-18(24)8-11-20(17)28(22)23/h2-5,8,11-12,16,19,25H,6-7,9-10,13-14H2,1H3. The number of aromatic nitrogens is 3. The quantitative estimate of drug-likeness (QED) is 0.667. The molecular weight excluding hydrogens is 384 g/mol. The second kappa shape index (κ2) is 7.81. The van der Waals surface area contributed by atoms with Crippen LogP contribution in [0.5, 0.6) is 5.75 Å². The Bertz CT molecular complexity index is 1020. The van der Waals surface area contributed by atoms with E-state index >= 15 is 0 Å². The Kier molecular flexibility index (Phi) is 5.02. The van der Waals surface area contributed by atoms with Crippen LogP contribution < -0.4 is 10.1 Å². The van der Waals surface area contributed by atoms with Gasteiger partial charge >= 0.3 is 0 Å². The Labute approximate surface area is 176 Å². The molecule has 0 saturated heterocycles. The molecular formula is C23H25ClN4O. The van der Waals surface area contributed by atoms with Crippen LogP contribution in [0.2, 0.25) is 5.02 Å². The fourth-order valence-corrected chi connectivity index (χ4v) is 4.70. The fraction of sp³-hybridized carbons (Fsp3) is 0.391. The molecule has 1 aliphatic heterocycles. The van der Waals surface area contributed by atoms with E-state index in [1.54, 1.807) is 0 Å². The zero-order chi connectivity index (χ0) is 19.8. The summed E-state index contributed by atoms with van der Waals surface area (Å²) in [6.07, 6.45) is 4.46. The van der Waals surface area contributed by atoms with Crippen molar-refractivity contribution in [3.63, 3.8) is 0 Å². The van der Waals surface area contributed by atoms with Crippen molar-refractivity contribution in [2.75, 3.05) is 0 Å². The molecule has 0 amide bonds. The molecule has 0 atom stereocenters. The molecule has 2 aromatic carbocycles. The highest BCUT2D eigenvalue weighted by Gasteiger charge is 2.30. The van der Waals surface area contributed by atoms with Crippen LogP contribution in [0.15, 0.2) is 42.5 Å². The van der Waals surface area contributed by atoms with Crippen LogP contribution in [0.25, 0.3) is 5.69 Å². The fourth-order valence-electron chi connectivity index (χ4n) is 4.50. The number of rotatable bonds is 3. The predicted molar refractivity (Wildman–Crippen MR) is 114 cm³/mol. The van der Waals surface area contributed by atoms with Gasteiger partial charge < -0.3 is 10.1 Å². The third kappa shape index (κ3) is 3.65. The number of fused-ring (bicyclic) bond motifs is 3. The summed E-state index contributed by atoms with van der Waals surface area (Å²) in [6, 6.07) is 14.3. The van der Waals surface area contributed by atoms with Crippen molar-refractivity contribution in [2.45, 2.75) is 57.7 Å². The second-order valence-corrected chi connectivity index (χ2v) is 8.48. The Balaban J connectivity index is 1.36. The van der Waals surface area contributed by atoms with E-state index in [1.165, 1.54) is 11.1 Å². The lowest BCUT2D eigenvalue weighted by atomic mass is 9.86. The molecule has 1 aliphatic carbocycles. The lowest BCUT2D eigenvalue weighted by Gasteiger charge is -2.29. The first-order valence-electron chi connectivity index (χ1n) is 10.3. The molecule has 2 heterocycles. The number of ether oxygens (including phenoxy) is 1. The van der Waals surface area contributed by atoms with Crippen LogP contribution in [0.1, 0.15) is 54.4 Å². The summed E-state index contributed by atoms with van der Waals surface area (Å²) >= 11 is 6.23. The summed E-state index contributed by atoms with van der Waals surface area (Å²) in [5.74, 6) is 3.44. The second-order valence-electron chi connectivity index (χ2n) is 8.04. The maximum Gasteiger partial charge on any atom is 0.151 e. The number of aryl methyl sites for hydroxylation is 1. The van der Waals surface area contributed by atoms with Gasteiger partial charge in [0.15, 0.2) is 5.82 Å². The Hall–Kier alpha value is -2.37. The highest BCUT2D eigenvalue weighted by atomic mass is 35.5. The number of para-hydroxylation sites is 1. The van der Waals surface area contributed by atoms with Crippen molar-refractivity contribution in [1.82, 2.24) is 20.1 Å². The molecule has 1 aromatic heterocycles. The minimum absolute atomic E-state index is 0.270. The molecule has 0 unspecified atom stereocenters. The monoisotopic (exact) mass is 408 g/mol. The molecule has 3 aromatic rings. The number of halogens is 1. The van der Waals surface area contributed by atoms with Crippen LogP contribution in [0.3, 0.4) is 0 Å². The van der Waals surface area contributed by atoms with Gasteiger partial charge in [-0.05, 0) is 68.0 Å². The van der Waals surface area contributed by atoms with Crippen molar-refractivity contribution in [3.05, 3.63) is 70.3 Å². The summed E-state index contributed by atoms with van der Waals surface area (Å²) in [5, 5.41) is 13.3. The summed E-state index contributed by atoms with van der Waals surface area (Å²) in [4.78, 5) is 0. The molecule has 0 radical (unpaired) electrons. The zero-order valence-electron chi connectivity index (χ0n) is 16.6. The van der Waals surface area contributed by atoms with Gasteiger partial charge in [-0.15, -0.1) is 10.2 Å². The SMILES string of the molecule is Cc1ccccc1OC1CCC(c2nnc3n2-c2ccc(Cl)cc2CNC3)CC1. The largest absolute Gasteiger partial charge is 0.490 e. The van der Waals surface area contributed by atoms with Crippen LogP contribution >= 0.6 is 11.6 Å². The van der Waals surface area contributed by atoms with Crippen LogP contribution in [0.4, 0.5) is 0 Å². The third-order valence-electron chi connectivity index (χ3n) is 6.06. The molecule has 2 aliphatic rings. The molecule has 1 saturated carbocycles. The van der Waals surface area contributed by atoms with Gasteiger partial charge in [0.25, 0.3) is 0 Å². The molecule has 0 bridgehead atoms. The van der Waals surface area contributed by atoms with Gasteiger partial charge in [-0.3, -0.25) is 4.57 Å². The van der Waals surface area contributed by atoms with Crippen molar-refractivity contribution in [1.29, 1.82) is 0 Å². The van der Waals surface area contributed by atoms with E-state index in [9.17, 15) is 0 Å². The smallest absolute Gasteiger partial charge is 0.151 e. The Morgan fingerprint density at radius 2 is 1.86 bits per heavy atom. The average Bonchev–Trinajstić information content (AvgIpc) is 3.06. The van der Waals surface area contributed by atoms with E-state index in [2.05, 4.69) is 51.3 Å². The van der Waals surface area contributed by atoms with Crippen LogP contribution in [0, 0.1) is 6.92 Å². The van der Waals surface area contributed by atoms with E-state index in [0.29, 0.717) is 12.5 Å². The topological polar surface area (TPSA) is 52.0 Å². The van der Waals surface area contributed by atoms with E-state index in [-0.39, 0.29) is 6.10 Å². The van der Waals surface area contributed by atoms with Gasteiger partial charge in [-0.25, -0.2) is 0 Å². The summed E-state index contributed by atoms with van der Waals surface area (Å²) < 4.78 is 8.54. The summed E-state index contributed by atoms with van der Waals surface area (Å²) in [5.41, 5.74) is 3.53. The molecule has 150 valence electrons. The van der Waals surface area contributed by atoms with Crippen LogP contribution in [-0.4, -0.2) is 20.9 Å². The molecule has 1 fully saturated rings. The normalized spacial score (nSPS) is 21.2.